The molecule has 0 unspecified atom stereocenters. The lowest BCUT2D eigenvalue weighted by Crippen LogP contribution is -2.25. The second-order valence-corrected chi connectivity index (χ2v) is 8.11. The van der Waals surface area contributed by atoms with Gasteiger partial charge in [-0.25, -0.2) is 9.37 Å². The predicted molar refractivity (Wildman–Crippen MR) is 106 cm³/mol. The summed E-state index contributed by atoms with van der Waals surface area (Å²) in [6, 6.07) is 3.98. The molecule has 0 radical (unpaired) electrons. The molecule has 10 heteroatoms. The molecule has 7 nitrogen and oxygen atoms in total. The van der Waals surface area contributed by atoms with Crippen LogP contribution in [0.25, 0.3) is 11.0 Å². The van der Waals surface area contributed by atoms with E-state index in [9.17, 15) is 14.0 Å². The highest BCUT2D eigenvalue weighted by Crippen LogP contribution is 2.31. The van der Waals surface area contributed by atoms with Crippen molar-refractivity contribution in [3.05, 3.63) is 45.6 Å². The first-order valence-electron chi connectivity index (χ1n) is 8.72. The van der Waals surface area contributed by atoms with E-state index in [0.717, 1.165) is 12.8 Å². The number of fused-ring (bicyclic) bond motifs is 1. The van der Waals surface area contributed by atoms with E-state index in [4.69, 9.17) is 11.6 Å². The lowest BCUT2D eigenvalue weighted by Gasteiger charge is -2.11. The van der Waals surface area contributed by atoms with Gasteiger partial charge >= 0.3 is 0 Å². The van der Waals surface area contributed by atoms with Gasteiger partial charge in [-0.05, 0) is 37.0 Å². The minimum Gasteiger partial charge on any atom is -0.325 e. The van der Waals surface area contributed by atoms with Gasteiger partial charge in [0.1, 0.15) is 11.3 Å². The Labute approximate surface area is 168 Å². The Morgan fingerprint density at radius 3 is 2.93 bits per heavy atom. The molecule has 0 atom stereocenters. The fourth-order valence-electron chi connectivity index (χ4n) is 2.82. The number of thioether (sulfide) groups is 1. The molecule has 1 amide bonds. The van der Waals surface area contributed by atoms with Crippen LogP contribution in [0, 0.1) is 11.7 Å². The van der Waals surface area contributed by atoms with Crippen LogP contribution in [0.5, 0.6) is 0 Å². The van der Waals surface area contributed by atoms with Gasteiger partial charge in [0.2, 0.25) is 5.91 Å². The molecule has 3 aromatic rings. The van der Waals surface area contributed by atoms with Crippen LogP contribution in [-0.4, -0.2) is 31.0 Å². The summed E-state index contributed by atoms with van der Waals surface area (Å²) >= 11 is 6.92. The van der Waals surface area contributed by atoms with E-state index in [1.807, 2.05) is 0 Å². The normalized spacial score (nSPS) is 13.8. The van der Waals surface area contributed by atoms with Gasteiger partial charge in [0.15, 0.2) is 10.7 Å². The number of hydrogen-bond donors (Lipinski definition) is 1. The Morgan fingerprint density at radius 2 is 2.21 bits per heavy atom. The molecule has 1 fully saturated rings. The van der Waals surface area contributed by atoms with E-state index in [1.165, 1.54) is 30.0 Å². The Balaban J connectivity index is 1.53. The zero-order chi connectivity index (χ0) is 19.8. The monoisotopic (exact) mass is 421 g/mol. The van der Waals surface area contributed by atoms with Gasteiger partial charge in [-0.2, -0.15) is 5.10 Å². The molecule has 1 aliphatic rings. The maximum atomic E-state index is 13.2. The molecule has 0 aliphatic heterocycles. The highest BCUT2D eigenvalue weighted by Gasteiger charge is 2.25. The molecule has 1 N–H and O–H groups in total. The van der Waals surface area contributed by atoms with E-state index in [0.29, 0.717) is 34.3 Å². The maximum absolute atomic E-state index is 13.2. The van der Waals surface area contributed by atoms with Crippen molar-refractivity contribution < 1.29 is 9.18 Å². The summed E-state index contributed by atoms with van der Waals surface area (Å²) in [6.07, 6.45) is 3.86. The lowest BCUT2D eigenvalue weighted by molar-refractivity contribution is -0.113. The van der Waals surface area contributed by atoms with Crippen molar-refractivity contribution in [2.24, 2.45) is 13.0 Å². The molecular weight excluding hydrogens is 405 g/mol. The van der Waals surface area contributed by atoms with E-state index in [2.05, 4.69) is 15.4 Å². The van der Waals surface area contributed by atoms with Crippen molar-refractivity contribution >= 4 is 46.0 Å². The van der Waals surface area contributed by atoms with Crippen LogP contribution in [0.1, 0.15) is 12.8 Å². The van der Waals surface area contributed by atoms with Crippen molar-refractivity contribution in [1.29, 1.82) is 0 Å². The zero-order valence-corrected chi connectivity index (χ0v) is 16.6. The summed E-state index contributed by atoms with van der Waals surface area (Å²) in [5, 5.41) is 7.29. The number of halogens is 2. The molecule has 0 spiro atoms. The Kier molecular flexibility index (Phi) is 5.11. The number of carbonyl (C=O) groups excluding carboxylic acids is 1. The van der Waals surface area contributed by atoms with Crippen LogP contribution < -0.4 is 10.9 Å². The molecule has 4 rings (SSSR count). The predicted octanol–water partition coefficient (Wildman–Crippen LogP) is 3.06. The average molecular weight is 422 g/mol. The third kappa shape index (κ3) is 4.05. The number of rotatable bonds is 6. The van der Waals surface area contributed by atoms with Crippen molar-refractivity contribution in [2.75, 3.05) is 11.1 Å². The van der Waals surface area contributed by atoms with E-state index < -0.39 is 5.82 Å². The van der Waals surface area contributed by atoms with Gasteiger partial charge in [0.05, 0.1) is 17.0 Å². The minimum atomic E-state index is -0.549. The molecule has 2 aromatic heterocycles. The van der Waals surface area contributed by atoms with Gasteiger partial charge in [0, 0.05) is 19.3 Å². The summed E-state index contributed by atoms with van der Waals surface area (Å²) < 4.78 is 16.4. The summed E-state index contributed by atoms with van der Waals surface area (Å²) in [7, 11) is 1.74. The first-order valence-corrected chi connectivity index (χ1v) is 10.1. The molecule has 1 aliphatic carbocycles. The highest BCUT2D eigenvalue weighted by molar-refractivity contribution is 7.99. The second-order valence-electron chi connectivity index (χ2n) is 6.76. The Morgan fingerprint density at radius 1 is 1.43 bits per heavy atom. The standard InChI is InChI=1S/C18H17ClFN5O2S/c1-24-8-14-16(23-24)17(27)25(7-10-2-3-10)18(22-14)28-9-15(26)21-11-4-5-13(20)12(19)6-11/h4-6,8,10H,2-3,7,9H2,1H3,(H,21,26). The van der Waals surface area contributed by atoms with Crippen LogP contribution in [0.15, 0.2) is 34.3 Å². The average Bonchev–Trinajstić information content (AvgIpc) is 3.39. The van der Waals surface area contributed by atoms with Crippen molar-refractivity contribution in [3.63, 3.8) is 0 Å². The highest BCUT2D eigenvalue weighted by atomic mass is 35.5. The topological polar surface area (TPSA) is 81.8 Å². The SMILES string of the molecule is Cn1cc2nc(SCC(=O)Nc3ccc(F)c(Cl)c3)n(CC3CC3)c(=O)c2n1. The Bertz CT molecular complexity index is 1130. The van der Waals surface area contributed by atoms with Gasteiger partial charge in [-0.15, -0.1) is 0 Å². The van der Waals surface area contributed by atoms with E-state index in [-0.39, 0.29) is 22.2 Å². The smallest absolute Gasteiger partial charge is 0.282 e. The molecule has 0 saturated heterocycles. The number of nitrogens with zero attached hydrogens (tertiary/aromatic N) is 4. The number of benzene rings is 1. The van der Waals surface area contributed by atoms with Crippen LogP contribution >= 0.6 is 23.4 Å². The van der Waals surface area contributed by atoms with E-state index in [1.54, 1.807) is 22.5 Å². The number of aromatic nitrogens is 4. The molecule has 146 valence electrons. The van der Waals surface area contributed by atoms with Crippen LogP contribution in [0.3, 0.4) is 0 Å². The van der Waals surface area contributed by atoms with Crippen molar-refractivity contribution in [2.45, 2.75) is 24.5 Å². The number of hydrogen-bond acceptors (Lipinski definition) is 5. The zero-order valence-electron chi connectivity index (χ0n) is 15.0. The summed E-state index contributed by atoms with van der Waals surface area (Å²) in [4.78, 5) is 29.6. The quantitative estimate of drug-likeness (QED) is 0.488. The maximum Gasteiger partial charge on any atom is 0.282 e. The van der Waals surface area contributed by atoms with Gasteiger partial charge < -0.3 is 5.32 Å². The molecular formula is C18H17ClFN5O2S. The number of anilines is 1. The Hall–Kier alpha value is -2.39. The molecule has 1 saturated carbocycles. The van der Waals surface area contributed by atoms with Gasteiger partial charge in [0.25, 0.3) is 5.56 Å². The number of amides is 1. The molecule has 0 bridgehead atoms. The first kappa shape index (κ1) is 18.9. The second kappa shape index (κ2) is 7.56. The van der Waals surface area contributed by atoms with Gasteiger partial charge in [-0.1, -0.05) is 23.4 Å². The van der Waals surface area contributed by atoms with E-state index >= 15 is 0 Å². The molecule has 2 heterocycles. The summed E-state index contributed by atoms with van der Waals surface area (Å²) in [5.74, 6) is -0.328. The van der Waals surface area contributed by atoms with Crippen molar-refractivity contribution in [3.8, 4) is 0 Å². The third-order valence-electron chi connectivity index (χ3n) is 4.38. The van der Waals surface area contributed by atoms with Gasteiger partial charge in [-0.3, -0.25) is 18.8 Å². The first-order chi connectivity index (χ1) is 13.4. The van der Waals surface area contributed by atoms with Crippen LogP contribution in [-0.2, 0) is 18.4 Å². The number of aryl methyl sites for hydroxylation is 1. The molecule has 1 aromatic carbocycles. The summed E-state index contributed by atoms with van der Waals surface area (Å²) in [6.45, 7) is 0.579. The molecule has 28 heavy (non-hydrogen) atoms. The van der Waals surface area contributed by atoms with Crippen molar-refractivity contribution in [1.82, 2.24) is 19.3 Å². The minimum absolute atomic E-state index is 0.0534. The number of carbonyl (C=O) groups is 1. The van der Waals surface area contributed by atoms with Crippen LogP contribution in [0.4, 0.5) is 10.1 Å². The fraction of sp³-hybridized carbons (Fsp3) is 0.333. The third-order valence-corrected chi connectivity index (χ3v) is 5.64. The number of nitrogens with one attached hydrogen (secondary N) is 1. The fourth-order valence-corrected chi connectivity index (χ4v) is 3.81. The summed E-state index contributed by atoms with van der Waals surface area (Å²) in [5.41, 5.74) is 1.06. The largest absolute Gasteiger partial charge is 0.325 e. The van der Waals surface area contributed by atoms with Crippen LogP contribution in [0.2, 0.25) is 5.02 Å². The lowest BCUT2D eigenvalue weighted by atomic mass is 10.3.